The number of benzene rings is 1. The van der Waals surface area contributed by atoms with Gasteiger partial charge in [0.2, 0.25) is 11.2 Å². The summed E-state index contributed by atoms with van der Waals surface area (Å²) >= 11 is 0. The Bertz CT molecular complexity index is 932. The highest BCUT2D eigenvalue weighted by molar-refractivity contribution is 5.90. The number of hydrogen-bond acceptors (Lipinski definition) is 5. The molecule has 0 saturated heterocycles. The molecule has 2 heterocycles. The fourth-order valence-corrected chi connectivity index (χ4v) is 2.46. The molecule has 0 fully saturated rings. The van der Waals surface area contributed by atoms with Gasteiger partial charge in [0.15, 0.2) is 17.3 Å². The first kappa shape index (κ1) is 16.0. The summed E-state index contributed by atoms with van der Waals surface area (Å²) < 4.78 is 43.9. The number of allylic oxidation sites excluding steroid dienone is 1. The lowest BCUT2D eigenvalue weighted by Gasteiger charge is -2.21. The Hall–Kier alpha value is -2.90. The van der Waals surface area contributed by atoms with Crippen LogP contribution in [0.2, 0.25) is 0 Å². The van der Waals surface area contributed by atoms with Crippen LogP contribution >= 0.6 is 0 Å². The minimum absolute atomic E-state index is 0.0680. The molecule has 24 heavy (non-hydrogen) atoms. The minimum atomic E-state index is -1.23. The van der Waals surface area contributed by atoms with Crippen LogP contribution in [0.25, 0.3) is 16.6 Å². The zero-order chi connectivity index (χ0) is 17.4. The Morgan fingerprint density at radius 3 is 2.75 bits per heavy atom. The molecular weight excluding hydrogens is 324 g/mol. The van der Waals surface area contributed by atoms with E-state index < -0.39 is 23.2 Å². The van der Waals surface area contributed by atoms with Crippen molar-refractivity contribution >= 4 is 22.8 Å². The maximum Gasteiger partial charge on any atom is 0.514 e. The molecule has 1 aromatic heterocycles. The first-order valence-corrected chi connectivity index (χ1v) is 7.25. The van der Waals surface area contributed by atoms with Gasteiger partial charge in [-0.2, -0.15) is 4.39 Å². The molecule has 1 aliphatic heterocycles. The van der Waals surface area contributed by atoms with Gasteiger partial charge in [0.05, 0.1) is 23.9 Å². The summed E-state index contributed by atoms with van der Waals surface area (Å²) in [5.74, 6) is -3.16. The molecule has 0 amide bonds. The van der Waals surface area contributed by atoms with E-state index in [0.717, 1.165) is 6.07 Å². The largest absolute Gasteiger partial charge is 0.514 e. The SMILES string of the molecule is CCOC(=O)Oc1cn2c3c(c(F)c(F)cc3c1=O)OC=C2CC. The number of carbonyl (C=O) groups excluding carboxylic acids is 1. The van der Waals surface area contributed by atoms with Crippen molar-refractivity contribution < 1.29 is 27.8 Å². The second-order valence-corrected chi connectivity index (χ2v) is 4.96. The highest BCUT2D eigenvalue weighted by Gasteiger charge is 2.25. The zero-order valence-electron chi connectivity index (χ0n) is 12.9. The topological polar surface area (TPSA) is 66.8 Å². The third-order valence-corrected chi connectivity index (χ3v) is 3.55. The van der Waals surface area contributed by atoms with Crippen molar-refractivity contribution in [3.8, 4) is 11.5 Å². The van der Waals surface area contributed by atoms with Gasteiger partial charge in [-0.3, -0.25) is 4.79 Å². The number of halogens is 2. The monoisotopic (exact) mass is 337 g/mol. The first-order chi connectivity index (χ1) is 11.5. The van der Waals surface area contributed by atoms with Crippen LogP contribution in [-0.2, 0) is 4.74 Å². The maximum absolute atomic E-state index is 14.0. The fourth-order valence-electron chi connectivity index (χ4n) is 2.46. The average molecular weight is 337 g/mol. The Morgan fingerprint density at radius 1 is 1.33 bits per heavy atom. The molecule has 1 aromatic carbocycles. The van der Waals surface area contributed by atoms with E-state index >= 15 is 0 Å². The highest BCUT2D eigenvalue weighted by atomic mass is 19.2. The van der Waals surface area contributed by atoms with Gasteiger partial charge in [-0.25, -0.2) is 9.18 Å². The van der Waals surface area contributed by atoms with Crippen molar-refractivity contribution in [2.45, 2.75) is 20.3 Å². The van der Waals surface area contributed by atoms with Crippen LogP contribution in [0.15, 0.2) is 23.3 Å². The molecule has 1 aliphatic rings. The zero-order valence-corrected chi connectivity index (χ0v) is 12.9. The van der Waals surface area contributed by atoms with Crippen LogP contribution in [0.1, 0.15) is 20.3 Å². The molecule has 0 atom stereocenters. The molecule has 3 rings (SSSR count). The number of aromatic nitrogens is 1. The quantitative estimate of drug-likeness (QED) is 0.803. The summed E-state index contributed by atoms with van der Waals surface area (Å²) in [4.78, 5) is 23.9. The lowest BCUT2D eigenvalue weighted by Crippen LogP contribution is -2.20. The molecule has 0 spiro atoms. The molecule has 0 aliphatic carbocycles. The predicted octanol–water partition coefficient (Wildman–Crippen LogP) is 3.42. The average Bonchev–Trinajstić information content (AvgIpc) is 2.56. The van der Waals surface area contributed by atoms with Gasteiger partial charge in [0.25, 0.3) is 0 Å². The van der Waals surface area contributed by atoms with E-state index in [0.29, 0.717) is 12.1 Å². The van der Waals surface area contributed by atoms with Crippen LogP contribution in [0, 0.1) is 11.6 Å². The van der Waals surface area contributed by atoms with Crippen LogP contribution in [0.4, 0.5) is 13.6 Å². The normalized spacial score (nSPS) is 12.6. The van der Waals surface area contributed by atoms with E-state index in [2.05, 4.69) is 4.74 Å². The molecule has 2 aromatic rings. The third kappa shape index (κ3) is 2.40. The van der Waals surface area contributed by atoms with E-state index in [1.54, 1.807) is 6.92 Å². The number of nitrogens with zero attached hydrogens (tertiary/aromatic N) is 1. The fraction of sp³-hybridized carbons (Fsp3) is 0.250. The molecular formula is C16H13F2NO5. The molecule has 8 heteroatoms. The molecule has 0 N–H and O–H groups in total. The van der Waals surface area contributed by atoms with Gasteiger partial charge in [0, 0.05) is 0 Å². The minimum Gasteiger partial charge on any atom is -0.458 e. The number of hydrogen-bond donors (Lipinski definition) is 0. The first-order valence-electron chi connectivity index (χ1n) is 7.25. The molecule has 0 unspecified atom stereocenters. The van der Waals surface area contributed by atoms with Gasteiger partial charge < -0.3 is 18.8 Å². The molecule has 6 nitrogen and oxygen atoms in total. The van der Waals surface area contributed by atoms with E-state index in [9.17, 15) is 18.4 Å². The van der Waals surface area contributed by atoms with Gasteiger partial charge in [0.1, 0.15) is 11.8 Å². The molecule has 0 radical (unpaired) electrons. The summed E-state index contributed by atoms with van der Waals surface area (Å²) in [5.41, 5.74) is -0.114. The third-order valence-electron chi connectivity index (χ3n) is 3.55. The Balaban J connectivity index is 2.30. The second kappa shape index (κ2) is 5.95. The number of rotatable bonds is 3. The number of pyridine rings is 1. The number of ether oxygens (including phenoxy) is 3. The van der Waals surface area contributed by atoms with Crippen LogP contribution < -0.4 is 14.9 Å². The Morgan fingerprint density at radius 2 is 2.08 bits per heavy atom. The predicted molar refractivity (Wildman–Crippen MR) is 81.0 cm³/mol. The van der Waals surface area contributed by atoms with Crippen molar-refractivity contribution in [3.05, 3.63) is 40.4 Å². The molecule has 0 bridgehead atoms. The van der Waals surface area contributed by atoms with E-state index in [4.69, 9.17) is 9.47 Å². The van der Waals surface area contributed by atoms with Crippen LogP contribution in [-0.4, -0.2) is 17.3 Å². The summed E-state index contributed by atoms with van der Waals surface area (Å²) in [5, 5.41) is -0.162. The maximum atomic E-state index is 14.0. The van der Waals surface area contributed by atoms with Gasteiger partial charge in [-0.05, 0) is 19.4 Å². The molecule has 126 valence electrons. The summed E-state index contributed by atoms with van der Waals surface area (Å²) in [6.07, 6.45) is 1.91. The smallest absolute Gasteiger partial charge is 0.458 e. The van der Waals surface area contributed by atoms with Crippen molar-refractivity contribution in [3.63, 3.8) is 0 Å². The molecule has 0 saturated carbocycles. The van der Waals surface area contributed by atoms with E-state index in [1.807, 2.05) is 6.92 Å². The van der Waals surface area contributed by atoms with Gasteiger partial charge in [-0.15, -0.1) is 0 Å². The Kier molecular flexibility index (Phi) is 3.96. The van der Waals surface area contributed by atoms with E-state index in [1.165, 1.54) is 17.0 Å². The Labute approximate surface area is 134 Å². The summed E-state index contributed by atoms with van der Waals surface area (Å²) in [6.45, 7) is 3.46. The standard InChI is InChI=1S/C16H13F2NO5/c1-3-8-7-23-15-12(18)10(17)5-9-13(15)19(8)6-11(14(9)20)24-16(21)22-4-2/h5-7H,3-4H2,1-2H3. The van der Waals surface area contributed by atoms with Crippen molar-refractivity contribution in [1.82, 2.24) is 4.57 Å². The lowest BCUT2D eigenvalue weighted by molar-refractivity contribution is 0.104. The van der Waals surface area contributed by atoms with Crippen LogP contribution in [0.5, 0.6) is 11.5 Å². The summed E-state index contributed by atoms with van der Waals surface area (Å²) in [7, 11) is 0. The van der Waals surface area contributed by atoms with Crippen LogP contribution in [0.3, 0.4) is 0 Å². The lowest BCUT2D eigenvalue weighted by atomic mass is 10.1. The van der Waals surface area contributed by atoms with Gasteiger partial charge in [-0.1, -0.05) is 6.92 Å². The second-order valence-electron chi connectivity index (χ2n) is 4.96. The number of carbonyl (C=O) groups is 1. The summed E-state index contributed by atoms with van der Waals surface area (Å²) in [6, 6.07) is 0.757. The van der Waals surface area contributed by atoms with Crippen molar-refractivity contribution in [2.24, 2.45) is 0 Å². The highest BCUT2D eigenvalue weighted by Crippen LogP contribution is 2.36. The van der Waals surface area contributed by atoms with E-state index in [-0.39, 0.29) is 29.0 Å². The van der Waals surface area contributed by atoms with Gasteiger partial charge >= 0.3 is 6.16 Å². The van der Waals surface area contributed by atoms with Crippen molar-refractivity contribution in [2.75, 3.05) is 6.61 Å². The van der Waals surface area contributed by atoms with Crippen molar-refractivity contribution in [1.29, 1.82) is 0 Å².